The lowest BCUT2D eigenvalue weighted by molar-refractivity contribution is 0.151. The van der Waals surface area contributed by atoms with Crippen LogP contribution in [0.4, 0.5) is 0 Å². The summed E-state index contributed by atoms with van der Waals surface area (Å²) in [6.45, 7) is 2.13. The standard InChI is InChI=1S/C22H20O/c1-16-11-13-17(14-12-16)20-15-19-9-5-6-10-21(19)23-22(20)18-7-3-2-4-8-18/h2-14,20,22H,15H2,1H3/t20-,22-/m1/s1. The highest BCUT2D eigenvalue weighted by molar-refractivity contribution is 5.41. The van der Waals surface area contributed by atoms with Crippen LogP contribution in [0, 0.1) is 6.92 Å². The number of para-hydroxylation sites is 1. The van der Waals surface area contributed by atoms with E-state index in [0.29, 0.717) is 5.92 Å². The third kappa shape index (κ3) is 2.75. The topological polar surface area (TPSA) is 9.23 Å². The van der Waals surface area contributed by atoms with Crippen molar-refractivity contribution in [2.45, 2.75) is 25.4 Å². The fourth-order valence-electron chi connectivity index (χ4n) is 3.40. The van der Waals surface area contributed by atoms with Crippen molar-refractivity contribution in [1.82, 2.24) is 0 Å². The Balaban J connectivity index is 1.78. The number of rotatable bonds is 2. The molecule has 0 aromatic heterocycles. The molecule has 1 aliphatic heterocycles. The number of hydrogen-bond acceptors (Lipinski definition) is 1. The number of hydrogen-bond donors (Lipinski definition) is 0. The van der Waals surface area contributed by atoms with Gasteiger partial charge in [-0.25, -0.2) is 0 Å². The first-order valence-electron chi connectivity index (χ1n) is 8.17. The molecule has 0 saturated heterocycles. The molecule has 0 radical (unpaired) electrons. The Kier molecular flexibility index (Phi) is 3.63. The van der Waals surface area contributed by atoms with Crippen molar-refractivity contribution in [3.63, 3.8) is 0 Å². The van der Waals surface area contributed by atoms with E-state index in [4.69, 9.17) is 4.74 Å². The van der Waals surface area contributed by atoms with Crippen molar-refractivity contribution in [3.8, 4) is 5.75 Å². The van der Waals surface area contributed by atoms with Crippen molar-refractivity contribution in [1.29, 1.82) is 0 Å². The molecule has 114 valence electrons. The molecular weight excluding hydrogens is 280 g/mol. The largest absolute Gasteiger partial charge is 0.485 e. The van der Waals surface area contributed by atoms with E-state index in [1.54, 1.807) is 0 Å². The normalized spacial score (nSPS) is 19.7. The van der Waals surface area contributed by atoms with Crippen LogP contribution in [-0.4, -0.2) is 0 Å². The van der Waals surface area contributed by atoms with Gasteiger partial charge in [0.2, 0.25) is 0 Å². The summed E-state index contributed by atoms with van der Waals surface area (Å²) in [5.41, 5.74) is 5.18. The molecule has 0 fully saturated rings. The van der Waals surface area contributed by atoms with Gasteiger partial charge in [-0.1, -0.05) is 78.4 Å². The van der Waals surface area contributed by atoms with Crippen molar-refractivity contribution >= 4 is 0 Å². The zero-order chi connectivity index (χ0) is 15.6. The van der Waals surface area contributed by atoms with Crippen LogP contribution in [0.15, 0.2) is 78.9 Å². The van der Waals surface area contributed by atoms with Gasteiger partial charge in [0.25, 0.3) is 0 Å². The minimum absolute atomic E-state index is 0.0637. The first kappa shape index (κ1) is 14.1. The molecule has 0 spiro atoms. The van der Waals surface area contributed by atoms with Gasteiger partial charge in [-0.3, -0.25) is 0 Å². The Morgan fingerprint density at radius 1 is 0.739 bits per heavy atom. The van der Waals surface area contributed by atoms with Crippen LogP contribution >= 0.6 is 0 Å². The SMILES string of the molecule is Cc1ccc([C@H]2Cc3ccccc3O[C@@H]2c2ccccc2)cc1. The van der Waals surface area contributed by atoms with Crippen molar-refractivity contribution in [2.24, 2.45) is 0 Å². The smallest absolute Gasteiger partial charge is 0.131 e. The summed E-state index contributed by atoms with van der Waals surface area (Å²) in [6.07, 6.45) is 1.08. The molecule has 0 N–H and O–H groups in total. The lowest BCUT2D eigenvalue weighted by Gasteiger charge is -2.34. The average Bonchev–Trinajstić information content (AvgIpc) is 2.62. The monoisotopic (exact) mass is 300 g/mol. The predicted octanol–water partition coefficient (Wildman–Crippen LogP) is 5.46. The van der Waals surface area contributed by atoms with Crippen LogP contribution in [0.5, 0.6) is 5.75 Å². The van der Waals surface area contributed by atoms with Crippen LogP contribution in [0.2, 0.25) is 0 Å². The highest BCUT2D eigenvalue weighted by atomic mass is 16.5. The van der Waals surface area contributed by atoms with Gasteiger partial charge in [-0.15, -0.1) is 0 Å². The van der Waals surface area contributed by atoms with Crippen molar-refractivity contribution in [3.05, 3.63) is 101 Å². The molecule has 0 saturated carbocycles. The summed E-state index contributed by atoms with van der Waals surface area (Å²) in [7, 11) is 0. The Labute approximate surface area is 137 Å². The Morgan fingerprint density at radius 2 is 1.43 bits per heavy atom. The number of fused-ring (bicyclic) bond motifs is 1. The molecule has 1 aliphatic rings. The van der Waals surface area contributed by atoms with Crippen molar-refractivity contribution < 1.29 is 4.74 Å². The molecular formula is C22H20O. The third-order valence-electron chi connectivity index (χ3n) is 4.67. The predicted molar refractivity (Wildman–Crippen MR) is 93.9 cm³/mol. The summed E-state index contributed by atoms with van der Waals surface area (Å²) in [5, 5.41) is 0. The van der Waals surface area contributed by atoms with E-state index >= 15 is 0 Å². The molecule has 4 rings (SSSR count). The maximum absolute atomic E-state index is 6.42. The maximum atomic E-state index is 6.42. The van der Waals surface area contributed by atoms with E-state index in [1.807, 2.05) is 6.07 Å². The summed E-state index contributed by atoms with van der Waals surface area (Å²) < 4.78 is 6.42. The number of ether oxygens (including phenoxy) is 1. The van der Waals surface area contributed by atoms with Gasteiger partial charge in [0.1, 0.15) is 11.9 Å². The second-order valence-corrected chi connectivity index (χ2v) is 6.28. The van der Waals surface area contributed by atoms with Gasteiger partial charge in [-0.2, -0.15) is 0 Å². The van der Waals surface area contributed by atoms with Gasteiger partial charge < -0.3 is 4.74 Å². The summed E-state index contributed by atoms with van der Waals surface area (Å²) in [5.74, 6) is 1.36. The van der Waals surface area contributed by atoms with E-state index < -0.39 is 0 Å². The summed E-state index contributed by atoms with van der Waals surface area (Å²) in [6, 6.07) is 27.8. The van der Waals surface area contributed by atoms with Gasteiger partial charge >= 0.3 is 0 Å². The quantitative estimate of drug-likeness (QED) is 0.611. The fourth-order valence-corrected chi connectivity index (χ4v) is 3.40. The summed E-state index contributed by atoms with van der Waals surface area (Å²) in [4.78, 5) is 0. The molecule has 3 aromatic carbocycles. The molecule has 0 unspecified atom stereocenters. The Hall–Kier alpha value is -2.54. The van der Waals surface area contributed by atoms with Crippen LogP contribution in [0.3, 0.4) is 0 Å². The molecule has 23 heavy (non-hydrogen) atoms. The Morgan fingerprint density at radius 3 is 2.22 bits per heavy atom. The molecule has 2 atom stereocenters. The first-order chi connectivity index (χ1) is 11.3. The van der Waals surface area contributed by atoms with Crippen LogP contribution in [-0.2, 0) is 6.42 Å². The zero-order valence-electron chi connectivity index (χ0n) is 13.3. The van der Waals surface area contributed by atoms with E-state index in [9.17, 15) is 0 Å². The maximum Gasteiger partial charge on any atom is 0.131 e. The van der Waals surface area contributed by atoms with Gasteiger partial charge in [0.15, 0.2) is 0 Å². The highest BCUT2D eigenvalue weighted by Gasteiger charge is 2.32. The van der Waals surface area contributed by atoms with Gasteiger partial charge in [0, 0.05) is 5.92 Å². The molecule has 0 amide bonds. The lowest BCUT2D eigenvalue weighted by Crippen LogP contribution is -2.24. The molecule has 1 heteroatoms. The fraction of sp³-hybridized carbons (Fsp3) is 0.182. The van der Waals surface area contributed by atoms with E-state index in [0.717, 1.165) is 12.2 Å². The van der Waals surface area contributed by atoms with Crippen LogP contribution in [0.25, 0.3) is 0 Å². The minimum Gasteiger partial charge on any atom is -0.485 e. The number of aryl methyl sites for hydroxylation is 1. The average molecular weight is 300 g/mol. The molecule has 0 bridgehead atoms. The summed E-state index contributed by atoms with van der Waals surface area (Å²) >= 11 is 0. The van der Waals surface area contributed by atoms with E-state index in [2.05, 4.69) is 79.7 Å². The van der Waals surface area contributed by atoms with Crippen molar-refractivity contribution in [2.75, 3.05) is 0 Å². The number of benzene rings is 3. The zero-order valence-corrected chi connectivity index (χ0v) is 13.3. The lowest BCUT2D eigenvalue weighted by atomic mass is 9.82. The third-order valence-corrected chi connectivity index (χ3v) is 4.67. The van der Waals surface area contributed by atoms with E-state index in [1.165, 1.54) is 22.3 Å². The van der Waals surface area contributed by atoms with Gasteiger partial charge in [-0.05, 0) is 36.1 Å². The van der Waals surface area contributed by atoms with E-state index in [-0.39, 0.29) is 6.10 Å². The minimum atomic E-state index is 0.0637. The Bertz CT molecular complexity index is 790. The van der Waals surface area contributed by atoms with Gasteiger partial charge in [0.05, 0.1) is 0 Å². The molecule has 1 heterocycles. The first-order valence-corrected chi connectivity index (χ1v) is 8.17. The molecule has 3 aromatic rings. The van der Waals surface area contributed by atoms with Crippen LogP contribution < -0.4 is 4.74 Å². The second kappa shape index (κ2) is 5.92. The molecule has 1 nitrogen and oxygen atoms in total. The molecule has 0 aliphatic carbocycles. The second-order valence-electron chi connectivity index (χ2n) is 6.28. The van der Waals surface area contributed by atoms with Crippen LogP contribution in [0.1, 0.15) is 34.3 Å². The highest BCUT2D eigenvalue weighted by Crippen LogP contribution is 2.43.